The van der Waals surface area contributed by atoms with Crippen LogP contribution in [0.2, 0.25) is 0 Å². The highest BCUT2D eigenvalue weighted by Gasteiger charge is 2.20. The van der Waals surface area contributed by atoms with Crippen LogP contribution in [0.3, 0.4) is 0 Å². The highest BCUT2D eigenvalue weighted by atomic mass is 16.5. The summed E-state index contributed by atoms with van der Waals surface area (Å²) in [7, 11) is 0. The van der Waals surface area contributed by atoms with E-state index in [0.717, 1.165) is 48.3 Å². The molecule has 1 aromatic carbocycles. The Kier molecular flexibility index (Phi) is 5.00. The van der Waals surface area contributed by atoms with Gasteiger partial charge in [-0.2, -0.15) is 5.26 Å². The molecule has 0 aliphatic heterocycles. The number of nitrogen functional groups attached to an aromatic ring is 1. The number of nitriles is 1. The van der Waals surface area contributed by atoms with Crippen molar-refractivity contribution < 1.29 is 4.74 Å². The number of hydrogen-bond acceptors (Lipinski definition) is 4. The van der Waals surface area contributed by atoms with E-state index in [1.165, 1.54) is 18.4 Å². The largest absolute Gasteiger partial charge is 0.494 e. The Hall–Kier alpha value is -2.54. The molecular weight excluding hydrogens is 298 g/mol. The Morgan fingerprint density at radius 2 is 1.83 bits per heavy atom. The number of ether oxygens (including phenoxy) is 1. The topological polar surface area (TPSA) is 71.9 Å². The highest BCUT2D eigenvalue weighted by molar-refractivity contribution is 5.79. The zero-order chi connectivity index (χ0) is 16.9. The van der Waals surface area contributed by atoms with Gasteiger partial charge in [-0.05, 0) is 55.9 Å². The van der Waals surface area contributed by atoms with E-state index in [1.807, 2.05) is 31.2 Å². The van der Waals surface area contributed by atoms with Crippen molar-refractivity contribution in [1.82, 2.24) is 4.98 Å². The molecule has 4 nitrogen and oxygen atoms in total. The number of aryl methyl sites for hydroxylation is 1. The molecule has 0 unspecified atom stereocenters. The van der Waals surface area contributed by atoms with Crippen molar-refractivity contribution in [1.29, 1.82) is 5.26 Å². The smallest absolute Gasteiger partial charge is 0.142 e. The number of fused-ring (bicyclic) bond motifs is 1. The molecule has 0 atom stereocenters. The zero-order valence-electron chi connectivity index (χ0n) is 14.1. The second kappa shape index (κ2) is 7.35. The lowest BCUT2D eigenvalue weighted by atomic mass is 9.88. The number of nitrogens with two attached hydrogens (primary N) is 1. The van der Waals surface area contributed by atoms with E-state index in [0.29, 0.717) is 18.0 Å². The Morgan fingerprint density at radius 3 is 2.50 bits per heavy atom. The van der Waals surface area contributed by atoms with Crippen LogP contribution in [-0.2, 0) is 12.8 Å². The Bertz CT molecular complexity index is 760. The fourth-order valence-electron chi connectivity index (χ4n) is 3.43. The van der Waals surface area contributed by atoms with Gasteiger partial charge in [-0.1, -0.05) is 25.0 Å². The molecule has 124 valence electrons. The summed E-state index contributed by atoms with van der Waals surface area (Å²) in [4.78, 5) is 4.55. The van der Waals surface area contributed by atoms with Gasteiger partial charge < -0.3 is 10.5 Å². The first kappa shape index (κ1) is 16.3. The third-order valence-corrected chi connectivity index (χ3v) is 4.57. The minimum absolute atomic E-state index is 0.348. The molecule has 24 heavy (non-hydrogen) atoms. The molecule has 0 saturated heterocycles. The zero-order valence-corrected chi connectivity index (χ0v) is 14.1. The monoisotopic (exact) mass is 321 g/mol. The van der Waals surface area contributed by atoms with Gasteiger partial charge in [0.25, 0.3) is 0 Å². The Morgan fingerprint density at radius 1 is 1.12 bits per heavy atom. The number of hydrogen-bond donors (Lipinski definition) is 1. The minimum atomic E-state index is 0.348. The molecule has 0 amide bonds. The van der Waals surface area contributed by atoms with Crippen molar-refractivity contribution in [3.63, 3.8) is 0 Å². The van der Waals surface area contributed by atoms with Crippen LogP contribution >= 0.6 is 0 Å². The van der Waals surface area contributed by atoms with Crippen LogP contribution in [-0.4, -0.2) is 11.6 Å². The molecule has 0 bridgehead atoms. The van der Waals surface area contributed by atoms with Gasteiger partial charge in [0, 0.05) is 11.3 Å². The van der Waals surface area contributed by atoms with Crippen molar-refractivity contribution in [3.8, 4) is 22.9 Å². The van der Waals surface area contributed by atoms with Gasteiger partial charge in [0.2, 0.25) is 0 Å². The van der Waals surface area contributed by atoms with Crippen LogP contribution in [0.4, 0.5) is 5.82 Å². The van der Waals surface area contributed by atoms with Gasteiger partial charge in [0.15, 0.2) is 0 Å². The van der Waals surface area contributed by atoms with Gasteiger partial charge in [-0.25, -0.2) is 4.98 Å². The average molecular weight is 321 g/mol. The van der Waals surface area contributed by atoms with Crippen LogP contribution < -0.4 is 10.5 Å². The number of rotatable bonds is 3. The fourth-order valence-corrected chi connectivity index (χ4v) is 3.43. The molecule has 0 spiro atoms. The second-order valence-electron chi connectivity index (χ2n) is 6.16. The number of pyridine rings is 1. The lowest BCUT2D eigenvalue weighted by molar-refractivity contribution is 0.340. The first-order valence-electron chi connectivity index (χ1n) is 8.69. The van der Waals surface area contributed by atoms with Crippen LogP contribution in [0.25, 0.3) is 11.1 Å². The lowest BCUT2D eigenvalue weighted by Gasteiger charge is -2.19. The van der Waals surface area contributed by atoms with E-state index >= 15 is 0 Å². The SMILES string of the molecule is CCOc1ccc(-c2c(C#N)c(N)nc3c2CCCCCC3)cc1. The van der Waals surface area contributed by atoms with Crippen molar-refractivity contribution in [2.75, 3.05) is 12.3 Å². The van der Waals surface area contributed by atoms with Gasteiger partial charge in [-0.3, -0.25) is 0 Å². The highest BCUT2D eigenvalue weighted by Crippen LogP contribution is 2.35. The Balaban J connectivity index is 2.15. The quantitative estimate of drug-likeness (QED) is 0.916. The molecule has 2 N–H and O–H groups in total. The minimum Gasteiger partial charge on any atom is -0.494 e. The van der Waals surface area contributed by atoms with Crippen LogP contribution in [0.15, 0.2) is 24.3 Å². The first-order chi connectivity index (χ1) is 11.7. The maximum absolute atomic E-state index is 9.63. The van der Waals surface area contributed by atoms with E-state index in [1.54, 1.807) is 0 Å². The summed E-state index contributed by atoms with van der Waals surface area (Å²) < 4.78 is 5.52. The summed E-state index contributed by atoms with van der Waals surface area (Å²) in [6.45, 7) is 2.61. The van der Waals surface area contributed by atoms with Crippen molar-refractivity contribution in [2.45, 2.75) is 45.4 Å². The summed E-state index contributed by atoms with van der Waals surface area (Å²) in [5.41, 5.74) is 10.8. The normalized spacial score (nSPS) is 14.2. The maximum Gasteiger partial charge on any atom is 0.142 e. The maximum atomic E-state index is 9.63. The molecule has 3 rings (SSSR count). The molecule has 0 saturated carbocycles. The molecule has 1 aromatic heterocycles. The summed E-state index contributed by atoms with van der Waals surface area (Å²) in [5.74, 6) is 1.19. The summed E-state index contributed by atoms with van der Waals surface area (Å²) in [6.07, 6.45) is 6.63. The summed E-state index contributed by atoms with van der Waals surface area (Å²) >= 11 is 0. The third kappa shape index (κ3) is 3.21. The number of nitrogens with zero attached hydrogens (tertiary/aromatic N) is 2. The average Bonchev–Trinajstić information content (AvgIpc) is 2.57. The van der Waals surface area contributed by atoms with Crippen molar-refractivity contribution in [3.05, 3.63) is 41.1 Å². The third-order valence-electron chi connectivity index (χ3n) is 4.57. The molecule has 2 aromatic rings. The van der Waals surface area contributed by atoms with E-state index < -0.39 is 0 Å². The lowest BCUT2D eigenvalue weighted by Crippen LogP contribution is -2.10. The van der Waals surface area contributed by atoms with E-state index in [2.05, 4.69) is 11.1 Å². The van der Waals surface area contributed by atoms with Crippen LogP contribution in [0.5, 0.6) is 5.75 Å². The second-order valence-corrected chi connectivity index (χ2v) is 6.16. The van der Waals surface area contributed by atoms with E-state index in [-0.39, 0.29) is 0 Å². The van der Waals surface area contributed by atoms with E-state index in [4.69, 9.17) is 10.5 Å². The number of benzene rings is 1. The van der Waals surface area contributed by atoms with Crippen molar-refractivity contribution >= 4 is 5.82 Å². The van der Waals surface area contributed by atoms with Gasteiger partial charge in [-0.15, -0.1) is 0 Å². The molecule has 1 aliphatic rings. The predicted octanol–water partition coefficient (Wildman–Crippen LogP) is 4.26. The molecule has 0 radical (unpaired) electrons. The number of aromatic nitrogens is 1. The predicted molar refractivity (Wildman–Crippen MR) is 95.8 cm³/mol. The Labute approximate surface area is 143 Å². The van der Waals surface area contributed by atoms with Gasteiger partial charge in [0.1, 0.15) is 23.2 Å². The molecule has 1 heterocycles. The van der Waals surface area contributed by atoms with Crippen LogP contribution in [0.1, 0.15) is 49.4 Å². The standard InChI is InChI=1S/C20H23N3O/c1-2-24-15-11-9-14(10-12-15)19-16-7-5-3-4-6-8-18(16)23-20(22)17(19)13-21/h9-12H,2-8H2,1H3,(H2,22,23). The van der Waals surface area contributed by atoms with Crippen LogP contribution in [0, 0.1) is 11.3 Å². The van der Waals surface area contributed by atoms with E-state index in [9.17, 15) is 5.26 Å². The summed E-state index contributed by atoms with van der Waals surface area (Å²) in [6, 6.07) is 10.2. The molecule has 1 aliphatic carbocycles. The summed E-state index contributed by atoms with van der Waals surface area (Å²) in [5, 5.41) is 9.63. The fraction of sp³-hybridized carbons (Fsp3) is 0.400. The van der Waals surface area contributed by atoms with Crippen molar-refractivity contribution in [2.24, 2.45) is 0 Å². The number of anilines is 1. The molecule has 0 fully saturated rings. The first-order valence-corrected chi connectivity index (χ1v) is 8.69. The van der Waals surface area contributed by atoms with Gasteiger partial charge >= 0.3 is 0 Å². The molecular formula is C20H23N3O. The van der Waals surface area contributed by atoms with Gasteiger partial charge in [0.05, 0.1) is 6.61 Å². The molecule has 4 heteroatoms.